The van der Waals surface area contributed by atoms with E-state index in [9.17, 15) is 0 Å². The molecule has 116 valence electrons. The van der Waals surface area contributed by atoms with E-state index in [1.807, 2.05) is 0 Å². The molecule has 3 fully saturated rings. The van der Waals surface area contributed by atoms with Crippen molar-refractivity contribution in [2.45, 2.75) is 63.3 Å². The fourth-order valence-electron chi connectivity index (χ4n) is 4.41. The maximum atomic E-state index is 6.23. The van der Waals surface area contributed by atoms with Crippen LogP contribution >= 0.6 is 0 Å². The Morgan fingerprint density at radius 3 is 2.50 bits per heavy atom. The monoisotopic (exact) mass is 284 g/mol. The molecule has 0 aromatic carbocycles. The molecule has 0 radical (unpaired) electrons. The summed E-state index contributed by atoms with van der Waals surface area (Å²) in [6, 6.07) is 0. The Balaban J connectivity index is 1.62. The lowest BCUT2D eigenvalue weighted by atomic mass is 9.68. The number of ether oxygens (including phenoxy) is 4. The Labute approximate surface area is 122 Å². The molecular weight excluding hydrogens is 256 g/mol. The Bertz CT molecular complexity index is 306. The average Bonchev–Trinajstić information content (AvgIpc) is 3.08. The van der Waals surface area contributed by atoms with E-state index in [-0.39, 0.29) is 5.79 Å². The van der Waals surface area contributed by atoms with Gasteiger partial charge in [-0.15, -0.1) is 0 Å². The SMILES string of the molecule is COCCCOC1CCC2(CC13CCCC3)OCCO2. The third kappa shape index (κ3) is 2.89. The van der Waals surface area contributed by atoms with Crippen molar-refractivity contribution in [3.63, 3.8) is 0 Å². The van der Waals surface area contributed by atoms with Crippen molar-refractivity contribution >= 4 is 0 Å². The van der Waals surface area contributed by atoms with Crippen molar-refractivity contribution < 1.29 is 18.9 Å². The van der Waals surface area contributed by atoms with Gasteiger partial charge in [0.2, 0.25) is 0 Å². The summed E-state index contributed by atoms with van der Waals surface area (Å²) in [6.07, 6.45) is 9.68. The van der Waals surface area contributed by atoms with Crippen LogP contribution in [0.5, 0.6) is 0 Å². The average molecular weight is 284 g/mol. The van der Waals surface area contributed by atoms with Crippen LogP contribution in [0.1, 0.15) is 51.4 Å². The lowest BCUT2D eigenvalue weighted by Crippen LogP contribution is -2.49. The second-order valence-electron chi connectivity index (χ2n) is 6.60. The molecule has 0 amide bonds. The van der Waals surface area contributed by atoms with Crippen LogP contribution in [-0.2, 0) is 18.9 Å². The van der Waals surface area contributed by atoms with Gasteiger partial charge in [0.25, 0.3) is 0 Å². The van der Waals surface area contributed by atoms with Crippen LogP contribution in [-0.4, -0.2) is 45.4 Å². The minimum Gasteiger partial charge on any atom is -0.385 e. The lowest BCUT2D eigenvalue weighted by molar-refractivity contribution is -0.229. The normalized spacial score (nSPS) is 31.4. The number of methoxy groups -OCH3 is 1. The van der Waals surface area contributed by atoms with Gasteiger partial charge < -0.3 is 18.9 Å². The largest absolute Gasteiger partial charge is 0.385 e. The van der Waals surface area contributed by atoms with Gasteiger partial charge in [0, 0.05) is 38.6 Å². The van der Waals surface area contributed by atoms with E-state index < -0.39 is 0 Å². The molecular formula is C16H28O4. The van der Waals surface area contributed by atoms with E-state index in [0.29, 0.717) is 11.5 Å². The number of hydrogen-bond donors (Lipinski definition) is 0. The summed E-state index contributed by atoms with van der Waals surface area (Å²) in [5.74, 6) is -0.281. The van der Waals surface area contributed by atoms with Crippen molar-refractivity contribution in [1.82, 2.24) is 0 Å². The topological polar surface area (TPSA) is 36.9 Å². The van der Waals surface area contributed by atoms with Crippen molar-refractivity contribution in [1.29, 1.82) is 0 Å². The minimum atomic E-state index is -0.281. The molecule has 1 aliphatic heterocycles. The van der Waals surface area contributed by atoms with E-state index in [1.165, 1.54) is 25.7 Å². The highest BCUT2D eigenvalue weighted by atomic mass is 16.7. The van der Waals surface area contributed by atoms with E-state index >= 15 is 0 Å². The zero-order valence-electron chi connectivity index (χ0n) is 12.7. The van der Waals surface area contributed by atoms with Gasteiger partial charge in [0.05, 0.1) is 19.3 Å². The fourth-order valence-corrected chi connectivity index (χ4v) is 4.41. The van der Waals surface area contributed by atoms with Gasteiger partial charge in [0.1, 0.15) is 0 Å². The summed E-state index contributed by atoms with van der Waals surface area (Å²) >= 11 is 0. The summed E-state index contributed by atoms with van der Waals surface area (Å²) in [5, 5.41) is 0. The molecule has 2 aliphatic carbocycles. The van der Waals surface area contributed by atoms with Crippen molar-refractivity contribution in [3.8, 4) is 0 Å². The van der Waals surface area contributed by atoms with Crippen LogP contribution in [0.15, 0.2) is 0 Å². The molecule has 3 aliphatic rings. The van der Waals surface area contributed by atoms with E-state index in [1.54, 1.807) is 7.11 Å². The van der Waals surface area contributed by atoms with Crippen LogP contribution in [0.3, 0.4) is 0 Å². The van der Waals surface area contributed by atoms with E-state index in [0.717, 1.165) is 52.1 Å². The van der Waals surface area contributed by atoms with Gasteiger partial charge in [-0.1, -0.05) is 12.8 Å². The van der Waals surface area contributed by atoms with Crippen LogP contribution in [0.4, 0.5) is 0 Å². The minimum absolute atomic E-state index is 0.281. The Kier molecular flexibility index (Phi) is 4.65. The van der Waals surface area contributed by atoms with Crippen LogP contribution in [0.25, 0.3) is 0 Å². The molecule has 20 heavy (non-hydrogen) atoms. The molecule has 2 saturated carbocycles. The van der Waals surface area contributed by atoms with Crippen molar-refractivity contribution in [2.24, 2.45) is 5.41 Å². The smallest absolute Gasteiger partial charge is 0.169 e. The number of hydrogen-bond acceptors (Lipinski definition) is 4. The van der Waals surface area contributed by atoms with Gasteiger partial charge >= 0.3 is 0 Å². The summed E-state index contributed by atoms with van der Waals surface area (Å²) in [5.41, 5.74) is 0.301. The first-order valence-corrected chi connectivity index (χ1v) is 8.17. The predicted octanol–water partition coefficient (Wildman–Crippen LogP) is 2.90. The van der Waals surface area contributed by atoms with Gasteiger partial charge in [-0.3, -0.25) is 0 Å². The lowest BCUT2D eigenvalue weighted by Gasteiger charge is -2.48. The summed E-state index contributed by atoms with van der Waals surface area (Å²) in [6.45, 7) is 3.12. The molecule has 1 atom stereocenters. The molecule has 0 N–H and O–H groups in total. The standard InChI is InChI=1S/C16H28O4/c1-17-9-4-10-18-14-5-8-16(19-11-12-20-16)13-15(14)6-2-3-7-15/h14H,2-13H2,1H3. The molecule has 1 saturated heterocycles. The summed E-state index contributed by atoms with van der Waals surface area (Å²) in [4.78, 5) is 0. The number of rotatable bonds is 5. The van der Waals surface area contributed by atoms with Crippen molar-refractivity contribution in [3.05, 3.63) is 0 Å². The first-order valence-electron chi connectivity index (χ1n) is 8.17. The van der Waals surface area contributed by atoms with E-state index in [2.05, 4.69) is 0 Å². The Morgan fingerprint density at radius 2 is 1.80 bits per heavy atom. The zero-order valence-corrected chi connectivity index (χ0v) is 12.7. The molecule has 3 rings (SSSR count). The summed E-state index contributed by atoms with van der Waals surface area (Å²) < 4.78 is 23.3. The fraction of sp³-hybridized carbons (Fsp3) is 1.00. The zero-order chi connectivity index (χ0) is 13.9. The first-order chi connectivity index (χ1) is 9.79. The van der Waals surface area contributed by atoms with Gasteiger partial charge in [-0.05, 0) is 25.7 Å². The molecule has 1 unspecified atom stereocenters. The molecule has 4 heteroatoms. The van der Waals surface area contributed by atoms with Crippen LogP contribution in [0, 0.1) is 5.41 Å². The first kappa shape index (κ1) is 14.8. The second kappa shape index (κ2) is 6.30. The quantitative estimate of drug-likeness (QED) is 0.727. The highest BCUT2D eigenvalue weighted by molar-refractivity contribution is 5.01. The Morgan fingerprint density at radius 1 is 1.05 bits per heavy atom. The third-order valence-corrected chi connectivity index (χ3v) is 5.32. The summed E-state index contributed by atoms with van der Waals surface area (Å²) in [7, 11) is 1.75. The highest BCUT2D eigenvalue weighted by Gasteiger charge is 2.54. The van der Waals surface area contributed by atoms with Gasteiger partial charge in [-0.25, -0.2) is 0 Å². The van der Waals surface area contributed by atoms with Crippen molar-refractivity contribution in [2.75, 3.05) is 33.5 Å². The molecule has 4 nitrogen and oxygen atoms in total. The molecule has 0 aromatic rings. The van der Waals surface area contributed by atoms with Crippen LogP contribution < -0.4 is 0 Å². The second-order valence-corrected chi connectivity index (χ2v) is 6.60. The molecule has 0 aromatic heterocycles. The maximum Gasteiger partial charge on any atom is 0.169 e. The van der Waals surface area contributed by atoms with E-state index in [4.69, 9.17) is 18.9 Å². The molecule has 1 heterocycles. The molecule has 0 bridgehead atoms. The molecule has 2 spiro atoms. The Hall–Kier alpha value is -0.160. The maximum absolute atomic E-state index is 6.23. The third-order valence-electron chi connectivity index (χ3n) is 5.32. The predicted molar refractivity (Wildman–Crippen MR) is 75.6 cm³/mol. The van der Waals surface area contributed by atoms with Gasteiger partial charge in [-0.2, -0.15) is 0 Å². The van der Waals surface area contributed by atoms with Gasteiger partial charge in [0.15, 0.2) is 5.79 Å². The van der Waals surface area contributed by atoms with Crippen LogP contribution in [0.2, 0.25) is 0 Å². The highest BCUT2D eigenvalue weighted by Crippen LogP contribution is 2.55.